The van der Waals surface area contributed by atoms with Gasteiger partial charge in [0.25, 0.3) is 0 Å². The van der Waals surface area contributed by atoms with Gasteiger partial charge in [0, 0.05) is 0 Å². The summed E-state index contributed by atoms with van der Waals surface area (Å²) in [5.41, 5.74) is -12.4. The first-order chi connectivity index (χ1) is 10.9. The molecule has 0 bridgehead atoms. The molecule has 0 aliphatic rings. The molecule has 15 heteroatoms. The van der Waals surface area contributed by atoms with E-state index in [0.717, 1.165) is 34.8 Å². The van der Waals surface area contributed by atoms with E-state index in [2.05, 4.69) is 20.8 Å². The number of rotatable bonds is 7. The van der Waals surface area contributed by atoms with Crippen LogP contribution < -0.4 is 0 Å². The van der Waals surface area contributed by atoms with Crippen LogP contribution in [0.15, 0.2) is 0 Å². The Morgan fingerprint density at radius 3 is 1.20 bits per heavy atom. The highest BCUT2D eigenvalue weighted by atomic mass is 32.3. The normalized spacial score (nSPS) is 14.0. The zero-order valence-corrected chi connectivity index (χ0v) is 15.2. The van der Waals surface area contributed by atoms with Gasteiger partial charge in [-0.25, -0.2) is 16.8 Å². The van der Waals surface area contributed by atoms with E-state index in [4.69, 9.17) is 5.11 Å². The third-order valence-corrected chi connectivity index (χ3v) is 6.11. The topological polar surface area (TPSA) is 103 Å². The number of halogens is 6. The number of nitrogens with zero attached hydrogens (tertiary/aromatic N) is 2. The van der Waals surface area contributed by atoms with Gasteiger partial charge < -0.3 is 13.7 Å². The van der Waals surface area contributed by atoms with Crippen molar-refractivity contribution in [2.45, 2.75) is 31.8 Å². The molecule has 1 N–H and O–H groups in total. The molecule has 0 radical (unpaired) electrons. The maximum atomic E-state index is 11.4. The van der Waals surface area contributed by atoms with E-state index in [1.54, 1.807) is 0 Å². The second-order valence-electron chi connectivity index (χ2n) is 4.65. The Balaban J connectivity index is 0. The third kappa shape index (κ3) is 8.06. The van der Waals surface area contributed by atoms with Crippen LogP contribution in [0, 0.1) is 0 Å². The van der Waals surface area contributed by atoms with Gasteiger partial charge >= 0.3 is 11.0 Å². The Morgan fingerprint density at radius 1 is 0.800 bits per heavy atom. The van der Waals surface area contributed by atoms with Crippen molar-refractivity contribution in [3.8, 4) is 0 Å². The Morgan fingerprint density at radius 2 is 1.08 bits per heavy atom. The molecule has 0 rings (SSSR count). The zero-order chi connectivity index (χ0) is 20.7. The van der Waals surface area contributed by atoms with E-state index >= 15 is 0 Å². The van der Waals surface area contributed by atoms with E-state index in [1.807, 2.05) is 0 Å². The van der Waals surface area contributed by atoms with E-state index in [9.17, 15) is 43.2 Å². The van der Waals surface area contributed by atoms with Crippen LogP contribution in [0.4, 0.5) is 26.3 Å². The van der Waals surface area contributed by atoms with Gasteiger partial charge in [-0.15, -0.1) is 0 Å². The van der Waals surface area contributed by atoms with E-state index < -0.39 is 31.1 Å². The molecule has 0 aliphatic carbocycles. The van der Waals surface area contributed by atoms with Crippen molar-refractivity contribution in [3.63, 3.8) is 0 Å². The Kier molecular flexibility index (Phi) is 9.93. The van der Waals surface area contributed by atoms with Gasteiger partial charge in [0.1, 0.15) is 6.54 Å². The standard InChI is InChI=1S/C8H20NO.C2F6NO4S2/c1-4-9(5-2,6-3)7-8-10;3-1(4,5)14(10,11)9-15(12,13)2(6,7)8/h10H,4-8H2,1-3H3;/q+1;-1. The van der Waals surface area contributed by atoms with Gasteiger partial charge in [-0.2, -0.15) is 26.3 Å². The highest BCUT2D eigenvalue weighted by molar-refractivity contribution is 8.13. The molecular formula is C10H20F6N2O5S2. The van der Waals surface area contributed by atoms with Gasteiger partial charge in [0.05, 0.1) is 26.2 Å². The Bertz CT molecular complexity index is 546. The summed E-state index contributed by atoms with van der Waals surface area (Å²) < 4.78 is 110. The van der Waals surface area contributed by atoms with Gasteiger partial charge in [0.2, 0.25) is 0 Å². The number of hydrogen-bond acceptors (Lipinski definition) is 5. The van der Waals surface area contributed by atoms with Gasteiger partial charge in [-0.3, -0.25) is 0 Å². The molecule has 154 valence electrons. The lowest BCUT2D eigenvalue weighted by molar-refractivity contribution is -0.923. The van der Waals surface area contributed by atoms with Crippen LogP contribution in [-0.4, -0.2) is 70.2 Å². The second-order valence-corrected chi connectivity index (χ2v) is 8.08. The third-order valence-electron chi connectivity index (χ3n) is 3.37. The second kappa shape index (κ2) is 9.34. The lowest BCUT2D eigenvalue weighted by Gasteiger charge is -2.34. The van der Waals surface area contributed by atoms with Crippen LogP contribution in [0.25, 0.3) is 4.13 Å². The lowest BCUT2D eigenvalue weighted by Crippen LogP contribution is -2.49. The summed E-state index contributed by atoms with van der Waals surface area (Å²) in [7, 11) is -13.4. The number of quaternary nitrogens is 1. The molecule has 0 aromatic rings. The molecule has 25 heavy (non-hydrogen) atoms. The summed E-state index contributed by atoms with van der Waals surface area (Å²) in [6.45, 7) is 11.2. The number of alkyl halides is 6. The maximum Gasteiger partial charge on any atom is 0.480 e. The quantitative estimate of drug-likeness (QED) is 0.495. The average molecular weight is 426 g/mol. The monoisotopic (exact) mass is 426 g/mol. The molecule has 0 fully saturated rings. The Labute approximate surface area is 142 Å². The SMILES string of the molecule is CC[N+](CC)(CC)CCO.O=S(=O)([N-]S(=O)(=O)C(F)(F)F)C(F)(F)F. The van der Waals surface area contributed by atoms with Crippen molar-refractivity contribution >= 4 is 20.0 Å². The molecule has 0 saturated carbocycles. The minimum absolute atomic E-state index is 0.315. The highest BCUT2D eigenvalue weighted by Crippen LogP contribution is 2.36. The van der Waals surface area contributed by atoms with Crippen LogP contribution in [-0.2, 0) is 20.0 Å². The molecule has 0 atom stereocenters. The molecule has 0 aromatic heterocycles. The van der Waals surface area contributed by atoms with E-state index in [0.29, 0.717) is 6.61 Å². The number of sulfonamides is 2. The molecule has 0 aliphatic heterocycles. The molecule has 0 unspecified atom stereocenters. The summed E-state index contributed by atoms with van der Waals surface area (Å²) >= 11 is 0. The summed E-state index contributed by atoms with van der Waals surface area (Å²) in [5.74, 6) is 0. The summed E-state index contributed by atoms with van der Waals surface area (Å²) in [6, 6.07) is 0. The van der Waals surface area contributed by atoms with Crippen LogP contribution in [0.2, 0.25) is 0 Å². The summed E-state index contributed by atoms with van der Waals surface area (Å²) in [6.07, 6.45) is 0. The van der Waals surface area contributed by atoms with Crippen molar-refractivity contribution in [2.75, 3.05) is 32.8 Å². The van der Waals surface area contributed by atoms with Crippen molar-refractivity contribution in [2.24, 2.45) is 0 Å². The first-order valence-electron chi connectivity index (χ1n) is 6.78. The first-order valence-corrected chi connectivity index (χ1v) is 9.66. The van der Waals surface area contributed by atoms with Gasteiger partial charge in [0.15, 0.2) is 20.0 Å². The molecule has 0 saturated heterocycles. The van der Waals surface area contributed by atoms with Crippen LogP contribution in [0.5, 0.6) is 0 Å². The number of aliphatic hydroxyl groups is 1. The van der Waals surface area contributed by atoms with Crippen molar-refractivity contribution in [1.29, 1.82) is 0 Å². The van der Waals surface area contributed by atoms with Gasteiger partial charge in [-0.05, 0) is 20.8 Å². The molecule has 0 amide bonds. The fourth-order valence-electron chi connectivity index (χ4n) is 1.57. The summed E-state index contributed by atoms with van der Waals surface area (Å²) in [4.78, 5) is 0. The molecule has 7 nitrogen and oxygen atoms in total. The fourth-order valence-corrected chi connectivity index (χ4v) is 3.28. The van der Waals surface area contributed by atoms with Gasteiger partial charge in [-0.1, -0.05) is 0 Å². The van der Waals surface area contributed by atoms with Crippen molar-refractivity contribution in [3.05, 3.63) is 4.13 Å². The number of hydrogen-bond donors (Lipinski definition) is 1. The molecule has 0 aromatic carbocycles. The Hall–Kier alpha value is -0.640. The van der Waals surface area contributed by atoms with Crippen LogP contribution in [0.1, 0.15) is 20.8 Å². The molecule has 0 heterocycles. The van der Waals surface area contributed by atoms with Crippen LogP contribution >= 0.6 is 0 Å². The number of aliphatic hydroxyl groups excluding tert-OH is 1. The lowest BCUT2D eigenvalue weighted by atomic mass is 10.3. The molecular weight excluding hydrogens is 406 g/mol. The smallest absolute Gasteiger partial charge is 0.421 e. The first kappa shape index (κ1) is 26.6. The molecule has 0 spiro atoms. The maximum absolute atomic E-state index is 11.4. The fraction of sp³-hybridized carbons (Fsp3) is 1.00. The predicted molar refractivity (Wildman–Crippen MR) is 77.1 cm³/mol. The average Bonchev–Trinajstić information content (AvgIpc) is 2.42. The minimum Gasteiger partial charge on any atom is -0.421 e. The number of likely N-dealkylation sites (N-methyl/N-ethyl adjacent to an activating group) is 1. The van der Waals surface area contributed by atoms with Crippen LogP contribution in [0.3, 0.4) is 0 Å². The van der Waals surface area contributed by atoms with E-state index in [-0.39, 0.29) is 0 Å². The summed E-state index contributed by atoms with van der Waals surface area (Å²) in [5, 5.41) is 8.78. The minimum atomic E-state index is -6.72. The zero-order valence-electron chi connectivity index (χ0n) is 13.6. The largest absolute Gasteiger partial charge is 0.480 e. The highest BCUT2D eigenvalue weighted by Gasteiger charge is 2.46. The predicted octanol–water partition coefficient (Wildman–Crippen LogP) is 1.91. The van der Waals surface area contributed by atoms with E-state index in [1.165, 1.54) is 0 Å². The van der Waals surface area contributed by atoms with Crippen molar-refractivity contribution in [1.82, 2.24) is 0 Å². The van der Waals surface area contributed by atoms with Crippen molar-refractivity contribution < 1.29 is 52.8 Å².